The van der Waals surface area contributed by atoms with E-state index in [4.69, 9.17) is 9.84 Å². The first-order chi connectivity index (χ1) is 14.0. The van der Waals surface area contributed by atoms with E-state index in [0.717, 1.165) is 17.7 Å². The zero-order valence-electron chi connectivity index (χ0n) is 16.1. The van der Waals surface area contributed by atoms with Crippen molar-refractivity contribution >= 4 is 23.5 Å². The zero-order chi connectivity index (χ0) is 20.6. The van der Waals surface area contributed by atoms with Gasteiger partial charge < -0.3 is 20.1 Å². The fourth-order valence-corrected chi connectivity index (χ4v) is 3.14. The summed E-state index contributed by atoms with van der Waals surface area (Å²) in [7, 11) is 0. The smallest absolute Gasteiger partial charge is 0.303 e. The molecule has 0 radical (unpaired) electrons. The van der Waals surface area contributed by atoms with Crippen LogP contribution in [0.1, 0.15) is 41.6 Å². The molecular formula is C22H24N2O5. The number of anilines is 1. The molecule has 1 saturated heterocycles. The molecule has 0 spiro atoms. The summed E-state index contributed by atoms with van der Waals surface area (Å²) in [6, 6.07) is 14.4. The highest BCUT2D eigenvalue weighted by molar-refractivity contribution is 5.99. The number of aliphatic carboxylic acids is 1. The fourth-order valence-electron chi connectivity index (χ4n) is 3.14. The summed E-state index contributed by atoms with van der Waals surface area (Å²) in [6.45, 7) is 1.40. The second kappa shape index (κ2) is 9.73. The third-order valence-corrected chi connectivity index (χ3v) is 4.67. The highest BCUT2D eigenvalue weighted by Crippen LogP contribution is 2.22. The van der Waals surface area contributed by atoms with Crippen molar-refractivity contribution in [2.24, 2.45) is 0 Å². The number of nitrogens with zero attached hydrogens (tertiary/aromatic N) is 1. The number of hydrogen-bond donors (Lipinski definition) is 2. The number of carboxylic acids is 1. The van der Waals surface area contributed by atoms with E-state index in [2.05, 4.69) is 5.32 Å². The Balaban J connectivity index is 1.50. The largest absolute Gasteiger partial charge is 0.494 e. The van der Waals surface area contributed by atoms with E-state index in [9.17, 15) is 14.4 Å². The van der Waals surface area contributed by atoms with Crippen LogP contribution in [-0.2, 0) is 16.1 Å². The van der Waals surface area contributed by atoms with Crippen molar-refractivity contribution in [2.45, 2.75) is 32.2 Å². The van der Waals surface area contributed by atoms with Gasteiger partial charge in [0.1, 0.15) is 5.75 Å². The molecule has 0 aromatic heterocycles. The van der Waals surface area contributed by atoms with Crippen LogP contribution in [0.5, 0.6) is 5.75 Å². The van der Waals surface area contributed by atoms with Gasteiger partial charge in [-0.05, 0) is 48.7 Å². The summed E-state index contributed by atoms with van der Waals surface area (Å²) in [6.07, 6.45) is 1.93. The average molecular weight is 396 g/mol. The van der Waals surface area contributed by atoms with Gasteiger partial charge in [-0.15, -0.1) is 0 Å². The number of hydrogen-bond acceptors (Lipinski definition) is 4. The van der Waals surface area contributed by atoms with Gasteiger partial charge in [-0.2, -0.15) is 0 Å². The molecule has 1 aliphatic rings. The van der Waals surface area contributed by atoms with Gasteiger partial charge in [0.05, 0.1) is 6.61 Å². The number of carboxylic acid groups (broad SMARTS) is 1. The van der Waals surface area contributed by atoms with Gasteiger partial charge in [0, 0.05) is 37.2 Å². The third kappa shape index (κ3) is 5.81. The van der Waals surface area contributed by atoms with Crippen LogP contribution in [0.25, 0.3) is 0 Å². The van der Waals surface area contributed by atoms with Crippen LogP contribution < -0.4 is 15.0 Å². The van der Waals surface area contributed by atoms with E-state index >= 15 is 0 Å². The summed E-state index contributed by atoms with van der Waals surface area (Å²) in [5.41, 5.74) is 2.19. The Labute approximate surface area is 169 Å². The molecule has 2 aromatic carbocycles. The van der Waals surface area contributed by atoms with Gasteiger partial charge in [-0.25, -0.2) is 0 Å². The molecule has 1 aliphatic heterocycles. The van der Waals surface area contributed by atoms with Crippen molar-refractivity contribution in [1.29, 1.82) is 0 Å². The van der Waals surface area contributed by atoms with E-state index in [1.54, 1.807) is 35.2 Å². The molecule has 2 amide bonds. The van der Waals surface area contributed by atoms with E-state index in [0.29, 0.717) is 43.9 Å². The number of rotatable bonds is 9. The van der Waals surface area contributed by atoms with Crippen molar-refractivity contribution in [1.82, 2.24) is 5.32 Å². The molecular weight excluding hydrogens is 372 g/mol. The van der Waals surface area contributed by atoms with Crippen LogP contribution in [0.15, 0.2) is 48.5 Å². The van der Waals surface area contributed by atoms with E-state index < -0.39 is 5.97 Å². The number of benzene rings is 2. The van der Waals surface area contributed by atoms with Crippen LogP contribution >= 0.6 is 0 Å². The molecule has 29 heavy (non-hydrogen) atoms. The van der Waals surface area contributed by atoms with Crippen LogP contribution in [0.4, 0.5) is 5.69 Å². The van der Waals surface area contributed by atoms with Gasteiger partial charge in [-0.1, -0.05) is 18.2 Å². The monoisotopic (exact) mass is 396 g/mol. The van der Waals surface area contributed by atoms with Crippen LogP contribution in [0, 0.1) is 0 Å². The predicted molar refractivity (Wildman–Crippen MR) is 108 cm³/mol. The molecule has 0 unspecified atom stereocenters. The summed E-state index contributed by atoms with van der Waals surface area (Å²) in [5.74, 6) is -0.286. The Kier molecular flexibility index (Phi) is 6.84. The maximum absolute atomic E-state index is 12.5. The number of carbonyl (C=O) groups is 3. The van der Waals surface area contributed by atoms with E-state index in [1.165, 1.54) is 0 Å². The van der Waals surface area contributed by atoms with Crippen molar-refractivity contribution in [3.63, 3.8) is 0 Å². The Hall–Kier alpha value is -3.35. The van der Waals surface area contributed by atoms with Gasteiger partial charge in [-0.3, -0.25) is 14.4 Å². The van der Waals surface area contributed by atoms with Crippen molar-refractivity contribution in [3.8, 4) is 5.75 Å². The van der Waals surface area contributed by atoms with Gasteiger partial charge in [0.2, 0.25) is 5.91 Å². The molecule has 7 nitrogen and oxygen atoms in total. The maximum Gasteiger partial charge on any atom is 0.303 e. The molecule has 152 valence electrons. The number of amides is 2. The molecule has 0 bridgehead atoms. The minimum atomic E-state index is -0.836. The molecule has 3 rings (SSSR count). The van der Waals surface area contributed by atoms with Gasteiger partial charge in [0.25, 0.3) is 5.91 Å². The third-order valence-electron chi connectivity index (χ3n) is 4.67. The topological polar surface area (TPSA) is 95.9 Å². The Bertz CT molecular complexity index is 879. The summed E-state index contributed by atoms with van der Waals surface area (Å²) in [5, 5.41) is 11.5. The molecule has 2 aromatic rings. The van der Waals surface area contributed by atoms with Crippen LogP contribution in [-0.4, -0.2) is 36.0 Å². The average Bonchev–Trinajstić information content (AvgIpc) is 3.16. The minimum absolute atomic E-state index is 0.0806. The normalized spacial score (nSPS) is 13.4. The van der Waals surface area contributed by atoms with Crippen molar-refractivity contribution in [3.05, 3.63) is 59.7 Å². The number of carbonyl (C=O) groups excluding carboxylic acids is 2. The number of ether oxygens (including phenoxy) is 1. The van der Waals surface area contributed by atoms with Gasteiger partial charge in [0.15, 0.2) is 0 Å². The van der Waals surface area contributed by atoms with Crippen molar-refractivity contribution in [2.75, 3.05) is 18.1 Å². The SMILES string of the molecule is O=C(O)CCCOc1ccc(CNC(=O)c2cccc(N3CCCC3=O)c2)cc1. The molecule has 7 heteroatoms. The lowest BCUT2D eigenvalue weighted by atomic mass is 10.1. The molecule has 0 aliphatic carbocycles. The lowest BCUT2D eigenvalue weighted by Gasteiger charge is -2.16. The highest BCUT2D eigenvalue weighted by Gasteiger charge is 2.22. The van der Waals surface area contributed by atoms with Crippen LogP contribution in [0.2, 0.25) is 0 Å². The second-order valence-corrected chi connectivity index (χ2v) is 6.87. The second-order valence-electron chi connectivity index (χ2n) is 6.87. The van der Waals surface area contributed by atoms with E-state index in [-0.39, 0.29) is 18.2 Å². The standard InChI is InChI=1S/C22H24N2O5/c25-20-6-2-12-24(20)18-5-1-4-17(14-18)22(28)23-15-16-8-10-19(11-9-16)29-13-3-7-21(26)27/h1,4-5,8-11,14H,2-3,6-7,12-13,15H2,(H,23,28)(H,26,27). The molecule has 1 fully saturated rings. The Morgan fingerprint density at radius 1 is 1.14 bits per heavy atom. The highest BCUT2D eigenvalue weighted by atomic mass is 16.5. The first kappa shape index (κ1) is 20.4. The summed E-state index contributed by atoms with van der Waals surface area (Å²) >= 11 is 0. The number of nitrogens with one attached hydrogen (secondary N) is 1. The first-order valence-electron chi connectivity index (χ1n) is 9.65. The van der Waals surface area contributed by atoms with Crippen molar-refractivity contribution < 1.29 is 24.2 Å². The first-order valence-corrected chi connectivity index (χ1v) is 9.65. The quantitative estimate of drug-likeness (QED) is 0.635. The maximum atomic E-state index is 12.5. The summed E-state index contributed by atoms with van der Waals surface area (Å²) < 4.78 is 5.49. The molecule has 1 heterocycles. The summed E-state index contributed by atoms with van der Waals surface area (Å²) in [4.78, 5) is 36.6. The molecule has 0 atom stereocenters. The van der Waals surface area contributed by atoms with Gasteiger partial charge >= 0.3 is 5.97 Å². The zero-order valence-corrected chi connectivity index (χ0v) is 16.1. The lowest BCUT2D eigenvalue weighted by Crippen LogP contribution is -2.25. The van der Waals surface area contributed by atoms with Crippen LogP contribution in [0.3, 0.4) is 0 Å². The predicted octanol–water partition coefficient (Wildman–Crippen LogP) is 2.99. The Morgan fingerprint density at radius 2 is 1.93 bits per heavy atom. The molecule has 0 saturated carbocycles. The van der Waals surface area contributed by atoms with E-state index in [1.807, 2.05) is 18.2 Å². The molecule has 2 N–H and O–H groups in total. The lowest BCUT2D eigenvalue weighted by molar-refractivity contribution is -0.137. The Morgan fingerprint density at radius 3 is 2.62 bits per heavy atom. The fraction of sp³-hybridized carbons (Fsp3) is 0.318. The minimum Gasteiger partial charge on any atom is -0.494 e.